The van der Waals surface area contributed by atoms with E-state index < -0.39 is 0 Å². The maximum atomic E-state index is 11.1. The summed E-state index contributed by atoms with van der Waals surface area (Å²) in [5.74, 6) is 0.594. The van der Waals surface area contributed by atoms with Crippen molar-refractivity contribution in [3.05, 3.63) is 35.4 Å². The Balaban J connectivity index is 1.71. The van der Waals surface area contributed by atoms with E-state index in [4.69, 9.17) is 11.6 Å². The molecule has 1 fully saturated rings. The molecule has 1 saturated heterocycles. The van der Waals surface area contributed by atoms with Gasteiger partial charge >= 0.3 is 0 Å². The van der Waals surface area contributed by atoms with Gasteiger partial charge in [-0.1, -0.05) is 29.8 Å². The highest BCUT2D eigenvalue weighted by molar-refractivity contribution is 6.27. The molecule has 3 nitrogen and oxygen atoms in total. The van der Waals surface area contributed by atoms with Crippen LogP contribution in [0.15, 0.2) is 24.3 Å². The summed E-state index contributed by atoms with van der Waals surface area (Å²) in [6.07, 6.45) is 2.29. The van der Waals surface area contributed by atoms with Crippen molar-refractivity contribution in [2.45, 2.75) is 26.3 Å². The maximum Gasteiger partial charge on any atom is 0.234 e. The van der Waals surface area contributed by atoms with Crippen LogP contribution in [0.1, 0.15) is 24.0 Å². The molecule has 0 radical (unpaired) electrons. The smallest absolute Gasteiger partial charge is 0.234 e. The van der Waals surface area contributed by atoms with Crippen LogP contribution >= 0.6 is 11.6 Å². The summed E-state index contributed by atoms with van der Waals surface area (Å²) < 4.78 is 0. The number of amides is 1. The van der Waals surface area contributed by atoms with E-state index in [0.717, 1.165) is 39.0 Å². The molecule has 0 aromatic heterocycles. The lowest BCUT2D eigenvalue weighted by Crippen LogP contribution is -2.38. The zero-order valence-corrected chi connectivity index (χ0v) is 12.8. The van der Waals surface area contributed by atoms with Gasteiger partial charge in [0.15, 0.2) is 0 Å². The third-order valence-electron chi connectivity index (χ3n) is 3.94. The topological polar surface area (TPSA) is 32.3 Å². The monoisotopic (exact) mass is 294 g/mol. The molecule has 1 N–H and O–H groups in total. The Morgan fingerprint density at radius 2 is 1.95 bits per heavy atom. The van der Waals surface area contributed by atoms with Crippen LogP contribution in [0.25, 0.3) is 0 Å². The SMILES string of the molecule is Cc1ccc(CN2CCC(CNC(=O)CCl)CC2)cc1. The number of hydrogen-bond donors (Lipinski definition) is 1. The predicted molar refractivity (Wildman–Crippen MR) is 82.9 cm³/mol. The molecule has 0 atom stereocenters. The fraction of sp³-hybridized carbons (Fsp3) is 0.562. The first kappa shape index (κ1) is 15.3. The molecule has 1 amide bonds. The van der Waals surface area contributed by atoms with E-state index in [1.165, 1.54) is 11.1 Å². The van der Waals surface area contributed by atoms with Crippen LogP contribution in [0.3, 0.4) is 0 Å². The molecule has 0 aliphatic carbocycles. The lowest BCUT2D eigenvalue weighted by Gasteiger charge is -2.32. The Bertz CT molecular complexity index is 425. The van der Waals surface area contributed by atoms with Gasteiger partial charge < -0.3 is 5.32 Å². The second kappa shape index (κ2) is 7.65. The lowest BCUT2D eigenvalue weighted by atomic mass is 9.96. The van der Waals surface area contributed by atoms with Crippen molar-refractivity contribution in [3.8, 4) is 0 Å². The van der Waals surface area contributed by atoms with Crippen molar-refractivity contribution in [3.63, 3.8) is 0 Å². The highest BCUT2D eigenvalue weighted by Crippen LogP contribution is 2.18. The van der Waals surface area contributed by atoms with Gasteiger partial charge in [0.05, 0.1) is 0 Å². The first-order chi connectivity index (χ1) is 9.67. The van der Waals surface area contributed by atoms with Crippen LogP contribution in [-0.2, 0) is 11.3 Å². The lowest BCUT2D eigenvalue weighted by molar-refractivity contribution is -0.118. The molecule has 1 heterocycles. The van der Waals surface area contributed by atoms with E-state index in [1.54, 1.807) is 0 Å². The standard InChI is InChI=1S/C16H23ClN2O/c1-13-2-4-15(5-3-13)12-19-8-6-14(7-9-19)11-18-16(20)10-17/h2-5,14H,6-12H2,1H3,(H,18,20). The van der Waals surface area contributed by atoms with Crippen molar-refractivity contribution < 1.29 is 4.79 Å². The maximum absolute atomic E-state index is 11.1. The summed E-state index contributed by atoms with van der Waals surface area (Å²) in [5, 5.41) is 2.88. The number of likely N-dealkylation sites (tertiary alicyclic amines) is 1. The first-order valence-electron chi connectivity index (χ1n) is 7.28. The minimum Gasteiger partial charge on any atom is -0.355 e. The van der Waals surface area contributed by atoms with E-state index in [1.807, 2.05) is 0 Å². The van der Waals surface area contributed by atoms with Crippen molar-refractivity contribution in [2.24, 2.45) is 5.92 Å². The Labute approximate surface area is 126 Å². The van der Waals surface area contributed by atoms with Gasteiger partial charge in [0, 0.05) is 13.1 Å². The normalized spacial score (nSPS) is 17.1. The average molecular weight is 295 g/mol. The fourth-order valence-electron chi connectivity index (χ4n) is 2.61. The summed E-state index contributed by atoms with van der Waals surface area (Å²) >= 11 is 5.47. The molecular weight excluding hydrogens is 272 g/mol. The van der Waals surface area contributed by atoms with Crippen LogP contribution in [0.4, 0.5) is 0 Å². The first-order valence-corrected chi connectivity index (χ1v) is 7.81. The zero-order chi connectivity index (χ0) is 14.4. The van der Waals surface area contributed by atoms with E-state index in [-0.39, 0.29) is 11.8 Å². The van der Waals surface area contributed by atoms with Gasteiger partial charge in [0.2, 0.25) is 5.91 Å². The molecule has 1 aliphatic heterocycles. The van der Waals surface area contributed by atoms with Crippen LogP contribution in [0.5, 0.6) is 0 Å². The quantitative estimate of drug-likeness (QED) is 0.847. The Hall–Kier alpha value is -1.06. The van der Waals surface area contributed by atoms with E-state index >= 15 is 0 Å². The predicted octanol–water partition coefficient (Wildman–Crippen LogP) is 2.56. The van der Waals surface area contributed by atoms with Crippen LogP contribution in [0, 0.1) is 12.8 Å². The number of hydrogen-bond acceptors (Lipinski definition) is 2. The molecule has 0 saturated carbocycles. The minimum atomic E-state index is -0.0613. The zero-order valence-electron chi connectivity index (χ0n) is 12.1. The molecule has 0 unspecified atom stereocenters. The molecule has 4 heteroatoms. The average Bonchev–Trinajstić information content (AvgIpc) is 2.48. The van der Waals surface area contributed by atoms with Crippen molar-refractivity contribution in [1.29, 1.82) is 0 Å². The molecule has 2 rings (SSSR count). The second-order valence-electron chi connectivity index (χ2n) is 5.64. The molecule has 1 aromatic rings. The molecule has 0 spiro atoms. The van der Waals surface area contributed by atoms with Gasteiger partial charge in [-0.2, -0.15) is 0 Å². The van der Waals surface area contributed by atoms with E-state index in [2.05, 4.69) is 41.4 Å². The molecule has 1 aliphatic rings. The number of carbonyl (C=O) groups excluding carboxylic acids is 1. The Kier molecular flexibility index (Phi) is 5.86. The number of piperidine rings is 1. The number of halogens is 1. The number of nitrogens with zero attached hydrogens (tertiary/aromatic N) is 1. The Morgan fingerprint density at radius 3 is 2.55 bits per heavy atom. The second-order valence-corrected chi connectivity index (χ2v) is 5.91. The van der Waals surface area contributed by atoms with Crippen LogP contribution in [0.2, 0.25) is 0 Å². The molecular formula is C16H23ClN2O. The number of benzene rings is 1. The summed E-state index contributed by atoms with van der Waals surface area (Å²) in [6.45, 7) is 6.12. The third-order valence-corrected chi connectivity index (χ3v) is 4.19. The van der Waals surface area contributed by atoms with Gasteiger partial charge in [0.25, 0.3) is 0 Å². The van der Waals surface area contributed by atoms with Gasteiger partial charge in [0.1, 0.15) is 5.88 Å². The number of rotatable bonds is 5. The van der Waals surface area contributed by atoms with Crippen molar-refractivity contribution in [1.82, 2.24) is 10.2 Å². The number of carbonyl (C=O) groups is 1. The van der Waals surface area contributed by atoms with Crippen LogP contribution in [-0.4, -0.2) is 36.3 Å². The van der Waals surface area contributed by atoms with Gasteiger partial charge in [-0.3, -0.25) is 9.69 Å². The molecule has 1 aromatic carbocycles. The summed E-state index contributed by atoms with van der Waals surface area (Å²) in [7, 11) is 0. The molecule has 110 valence electrons. The van der Waals surface area contributed by atoms with Gasteiger partial charge in [-0.05, 0) is 44.3 Å². The van der Waals surface area contributed by atoms with E-state index in [0.29, 0.717) is 5.92 Å². The van der Waals surface area contributed by atoms with Crippen LogP contribution < -0.4 is 5.32 Å². The third kappa shape index (κ3) is 4.80. The summed E-state index contributed by atoms with van der Waals surface area (Å²) in [5.41, 5.74) is 2.69. The number of nitrogens with one attached hydrogen (secondary N) is 1. The number of alkyl halides is 1. The van der Waals surface area contributed by atoms with Gasteiger partial charge in [-0.15, -0.1) is 11.6 Å². The van der Waals surface area contributed by atoms with Crippen molar-refractivity contribution in [2.75, 3.05) is 25.5 Å². The van der Waals surface area contributed by atoms with Crippen molar-refractivity contribution >= 4 is 17.5 Å². The fourth-order valence-corrected chi connectivity index (χ4v) is 2.70. The summed E-state index contributed by atoms with van der Waals surface area (Å²) in [4.78, 5) is 13.6. The largest absolute Gasteiger partial charge is 0.355 e. The highest BCUT2D eigenvalue weighted by Gasteiger charge is 2.19. The minimum absolute atomic E-state index is 0.0613. The van der Waals surface area contributed by atoms with Gasteiger partial charge in [-0.25, -0.2) is 0 Å². The number of aryl methyl sites for hydroxylation is 1. The molecule has 20 heavy (non-hydrogen) atoms. The molecule has 0 bridgehead atoms. The van der Waals surface area contributed by atoms with E-state index in [9.17, 15) is 4.79 Å². The highest BCUT2D eigenvalue weighted by atomic mass is 35.5. The Morgan fingerprint density at radius 1 is 1.30 bits per heavy atom. The summed E-state index contributed by atoms with van der Waals surface area (Å²) in [6, 6.07) is 8.76.